The molecule has 0 spiro atoms. The smallest absolute Gasteiger partial charge is 0.204 e. The molecule has 0 bridgehead atoms. The number of halogens is 1. The first-order valence-electron chi connectivity index (χ1n) is 6.93. The maximum Gasteiger partial charge on any atom is 0.204 e. The Hall–Kier alpha value is -2.88. The molecule has 0 atom stereocenters. The van der Waals surface area contributed by atoms with Gasteiger partial charge in [-0.2, -0.15) is 0 Å². The van der Waals surface area contributed by atoms with Gasteiger partial charge in [0.25, 0.3) is 0 Å². The Balaban J connectivity index is 1.91. The fourth-order valence-corrected chi connectivity index (χ4v) is 2.54. The van der Waals surface area contributed by atoms with Crippen molar-refractivity contribution in [1.82, 2.24) is 25.2 Å². The molecule has 124 valence electrons. The summed E-state index contributed by atoms with van der Waals surface area (Å²) in [5.74, 6) is 0.104. The third-order valence-corrected chi connectivity index (χ3v) is 3.92. The lowest BCUT2D eigenvalue weighted by atomic mass is 10.1. The van der Waals surface area contributed by atoms with Crippen LogP contribution in [0.4, 0.5) is 9.52 Å². The largest absolute Gasteiger partial charge is 0.389 e. The second-order valence-corrected chi connectivity index (χ2v) is 5.87. The van der Waals surface area contributed by atoms with Crippen LogP contribution in [0.1, 0.15) is 22.6 Å². The number of tetrazole rings is 1. The van der Waals surface area contributed by atoms with Gasteiger partial charge in [-0.25, -0.2) is 14.1 Å². The van der Waals surface area contributed by atoms with Crippen molar-refractivity contribution in [3.63, 3.8) is 0 Å². The SMILES string of the molecule is Cc1cc(/C(=N\OCc2csc(N)n2)c2nnnn2C)ccc1F. The lowest BCUT2D eigenvalue weighted by molar-refractivity contribution is 0.128. The molecule has 2 aromatic heterocycles. The number of hydrogen-bond acceptors (Lipinski definition) is 8. The molecule has 3 aromatic rings. The van der Waals surface area contributed by atoms with Crippen LogP contribution in [0.2, 0.25) is 0 Å². The molecule has 0 unspecified atom stereocenters. The van der Waals surface area contributed by atoms with Gasteiger partial charge in [-0.15, -0.1) is 16.4 Å². The number of rotatable bonds is 5. The highest BCUT2D eigenvalue weighted by Crippen LogP contribution is 2.15. The van der Waals surface area contributed by atoms with Crippen molar-refractivity contribution in [2.24, 2.45) is 12.2 Å². The number of nitrogens with two attached hydrogens (primary N) is 1. The molecule has 0 saturated carbocycles. The quantitative estimate of drug-likeness (QED) is 0.556. The molecular weight excluding hydrogens is 333 g/mol. The van der Waals surface area contributed by atoms with E-state index in [1.54, 1.807) is 31.5 Å². The first-order valence-corrected chi connectivity index (χ1v) is 7.81. The molecule has 24 heavy (non-hydrogen) atoms. The first-order chi connectivity index (χ1) is 11.5. The van der Waals surface area contributed by atoms with Crippen molar-refractivity contribution in [2.45, 2.75) is 13.5 Å². The molecular formula is C14H14FN7OS. The van der Waals surface area contributed by atoms with E-state index in [0.717, 1.165) is 0 Å². The number of aromatic nitrogens is 5. The number of benzene rings is 1. The van der Waals surface area contributed by atoms with Crippen LogP contribution in [0.15, 0.2) is 28.7 Å². The lowest BCUT2D eigenvalue weighted by Crippen LogP contribution is -2.12. The van der Waals surface area contributed by atoms with E-state index in [-0.39, 0.29) is 12.4 Å². The molecule has 1 aromatic carbocycles. The fraction of sp³-hybridized carbons (Fsp3) is 0.214. The molecule has 2 N–H and O–H groups in total. The fourth-order valence-electron chi connectivity index (χ4n) is 2.00. The van der Waals surface area contributed by atoms with Crippen LogP contribution >= 0.6 is 11.3 Å². The van der Waals surface area contributed by atoms with Crippen LogP contribution in [0.5, 0.6) is 0 Å². The molecule has 0 fully saturated rings. The number of anilines is 1. The van der Waals surface area contributed by atoms with Crippen molar-refractivity contribution in [1.29, 1.82) is 0 Å². The number of thiazole rings is 1. The zero-order chi connectivity index (χ0) is 17.1. The molecule has 2 heterocycles. The van der Waals surface area contributed by atoms with E-state index in [1.165, 1.54) is 22.1 Å². The Morgan fingerprint density at radius 3 is 2.92 bits per heavy atom. The van der Waals surface area contributed by atoms with E-state index in [1.807, 2.05) is 0 Å². The predicted molar refractivity (Wildman–Crippen MR) is 86.9 cm³/mol. The average molecular weight is 347 g/mol. The van der Waals surface area contributed by atoms with Gasteiger partial charge < -0.3 is 10.6 Å². The van der Waals surface area contributed by atoms with Gasteiger partial charge in [0, 0.05) is 18.0 Å². The number of nitrogen functional groups attached to an aromatic ring is 1. The number of hydrogen-bond donors (Lipinski definition) is 1. The van der Waals surface area contributed by atoms with Crippen LogP contribution in [0.25, 0.3) is 0 Å². The van der Waals surface area contributed by atoms with Gasteiger partial charge in [0.05, 0.1) is 5.69 Å². The van der Waals surface area contributed by atoms with Crippen molar-refractivity contribution >= 4 is 22.2 Å². The minimum Gasteiger partial charge on any atom is -0.389 e. The summed E-state index contributed by atoms with van der Waals surface area (Å²) >= 11 is 1.32. The average Bonchev–Trinajstić information content (AvgIpc) is 3.15. The summed E-state index contributed by atoms with van der Waals surface area (Å²) in [5.41, 5.74) is 7.78. The summed E-state index contributed by atoms with van der Waals surface area (Å²) in [4.78, 5) is 9.47. The predicted octanol–water partition coefficient (Wildman–Crippen LogP) is 1.67. The third kappa shape index (κ3) is 3.38. The molecule has 0 aliphatic carbocycles. The van der Waals surface area contributed by atoms with E-state index in [2.05, 4.69) is 25.7 Å². The highest BCUT2D eigenvalue weighted by atomic mass is 32.1. The van der Waals surface area contributed by atoms with Crippen LogP contribution in [0, 0.1) is 12.7 Å². The van der Waals surface area contributed by atoms with Crippen molar-refractivity contribution < 1.29 is 9.23 Å². The minimum atomic E-state index is -0.298. The van der Waals surface area contributed by atoms with Gasteiger partial charge in [0.1, 0.15) is 5.82 Å². The van der Waals surface area contributed by atoms with Gasteiger partial charge in [-0.3, -0.25) is 0 Å². The number of nitrogens with zero attached hydrogens (tertiary/aromatic N) is 6. The Kier molecular flexibility index (Phi) is 4.47. The normalized spacial score (nSPS) is 11.7. The summed E-state index contributed by atoms with van der Waals surface area (Å²) in [5, 5.41) is 17.7. The summed E-state index contributed by atoms with van der Waals surface area (Å²) < 4.78 is 15.0. The van der Waals surface area contributed by atoms with Crippen molar-refractivity contribution in [3.05, 3.63) is 52.0 Å². The van der Waals surface area contributed by atoms with Gasteiger partial charge in [0.15, 0.2) is 17.5 Å². The summed E-state index contributed by atoms with van der Waals surface area (Å²) in [6.45, 7) is 1.83. The van der Waals surface area contributed by atoms with E-state index >= 15 is 0 Å². The maximum atomic E-state index is 13.5. The van der Waals surface area contributed by atoms with Crippen LogP contribution in [-0.2, 0) is 18.5 Å². The van der Waals surface area contributed by atoms with E-state index in [4.69, 9.17) is 10.6 Å². The Labute approximate surface area is 140 Å². The van der Waals surface area contributed by atoms with Crippen LogP contribution in [0.3, 0.4) is 0 Å². The lowest BCUT2D eigenvalue weighted by Gasteiger charge is -2.07. The van der Waals surface area contributed by atoms with Crippen molar-refractivity contribution in [3.8, 4) is 0 Å². The molecule has 0 amide bonds. The van der Waals surface area contributed by atoms with Crippen LogP contribution in [-0.4, -0.2) is 30.9 Å². The molecule has 0 saturated heterocycles. The molecule has 8 nitrogen and oxygen atoms in total. The summed E-state index contributed by atoms with van der Waals surface area (Å²) in [6, 6.07) is 4.62. The van der Waals surface area contributed by atoms with Gasteiger partial charge >= 0.3 is 0 Å². The van der Waals surface area contributed by atoms with Gasteiger partial charge in [-0.05, 0) is 41.1 Å². The second-order valence-electron chi connectivity index (χ2n) is 4.98. The highest BCUT2D eigenvalue weighted by Gasteiger charge is 2.16. The second kappa shape index (κ2) is 6.71. The van der Waals surface area contributed by atoms with E-state index in [9.17, 15) is 4.39 Å². The standard InChI is InChI=1S/C14H14FN7OS/c1-8-5-9(3-4-11(8)15)12(13-18-20-21-22(13)2)19-23-6-10-7-24-14(16)17-10/h3-5,7H,6H2,1-2H3,(H2,16,17)/b19-12+. The van der Waals surface area contributed by atoms with Crippen LogP contribution < -0.4 is 5.73 Å². The monoisotopic (exact) mass is 347 g/mol. The molecule has 0 aliphatic heterocycles. The molecule has 10 heteroatoms. The highest BCUT2D eigenvalue weighted by molar-refractivity contribution is 7.13. The van der Waals surface area contributed by atoms with E-state index in [0.29, 0.717) is 33.5 Å². The van der Waals surface area contributed by atoms with Gasteiger partial charge in [0.2, 0.25) is 5.82 Å². The third-order valence-electron chi connectivity index (χ3n) is 3.20. The number of aryl methyl sites for hydroxylation is 2. The zero-order valence-corrected chi connectivity index (χ0v) is 13.8. The topological polar surface area (TPSA) is 104 Å². The maximum absolute atomic E-state index is 13.5. The molecule has 3 rings (SSSR count). The Morgan fingerprint density at radius 2 is 2.29 bits per heavy atom. The van der Waals surface area contributed by atoms with Crippen molar-refractivity contribution in [2.75, 3.05) is 5.73 Å². The first kappa shape index (κ1) is 16.0. The zero-order valence-electron chi connectivity index (χ0n) is 13.0. The molecule has 0 aliphatic rings. The van der Waals surface area contributed by atoms with Gasteiger partial charge in [-0.1, -0.05) is 5.16 Å². The summed E-state index contributed by atoms with van der Waals surface area (Å²) in [7, 11) is 1.68. The molecule has 0 radical (unpaired) electrons. The minimum absolute atomic E-state index is 0.155. The summed E-state index contributed by atoms with van der Waals surface area (Å²) in [6.07, 6.45) is 0. The van der Waals surface area contributed by atoms with E-state index < -0.39 is 0 Å². The Morgan fingerprint density at radius 1 is 1.46 bits per heavy atom. The Bertz CT molecular complexity index is 889. The number of oxime groups is 1.